The van der Waals surface area contributed by atoms with Crippen molar-refractivity contribution < 1.29 is 14.3 Å². The first-order valence-corrected chi connectivity index (χ1v) is 10.9. The summed E-state index contributed by atoms with van der Waals surface area (Å²) in [6, 6.07) is 3.50. The monoisotopic (exact) mass is 425 g/mol. The number of methoxy groups -OCH3 is 1. The molecule has 0 unspecified atom stereocenters. The molecule has 3 aliphatic rings. The second-order valence-electron chi connectivity index (χ2n) is 8.45. The van der Waals surface area contributed by atoms with Crippen LogP contribution in [-0.4, -0.2) is 67.4 Å². The molecule has 2 aliphatic heterocycles. The van der Waals surface area contributed by atoms with Crippen molar-refractivity contribution in [3.8, 4) is 0 Å². The van der Waals surface area contributed by atoms with Gasteiger partial charge in [0.25, 0.3) is 5.56 Å². The van der Waals surface area contributed by atoms with Gasteiger partial charge in [0.1, 0.15) is 11.4 Å². The van der Waals surface area contributed by atoms with E-state index >= 15 is 0 Å². The van der Waals surface area contributed by atoms with Crippen LogP contribution in [-0.2, 0) is 21.3 Å². The summed E-state index contributed by atoms with van der Waals surface area (Å²) >= 11 is 0. The minimum atomic E-state index is -0.377. The predicted molar refractivity (Wildman–Crippen MR) is 115 cm³/mol. The standard InChI is InChI=1S/C22H27N5O4/c1-30-20(29)16-3-2-8-23-18(16)26-9-6-22(7-10-26)5-4-15-17(22)24-21(25-19(15)28)27-11-13-31-14-12-27/h2-3,8H,4-7,9-14H2,1H3,(H,24,25,28). The molecule has 31 heavy (non-hydrogen) atoms. The summed E-state index contributed by atoms with van der Waals surface area (Å²) in [6.07, 6.45) is 5.14. The second-order valence-corrected chi connectivity index (χ2v) is 8.45. The van der Waals surface area contributed by atoms with E-state index in [0.29, 0.717) is 30.5 Å². The molecule has 1 N–H and O–H groups in total. The number of rotatable bonds is 3. The third kappa shape index (κ3) is 3.46. The van der Waals surface area contributed by atoms with Crippen LogP contribution >= 0.6 is 0 Å². The topological polar surface area (TPSA) is 101 Å². The van der Waals surface area contributed by atoms with E-state index in [2.05, 4.69) is 19.8 Å². The van der Waals surface area contributed by atoms with E-state index < -0.39 is 0 Å². The highest BCUT2D eigenvalue weighted by atomic mass is 16.5. The Balaban J connectivity index is 1.41. The zero-order valence-corrected chi connectivity index (χ0v) is 17.7. The minimum absolute atomic E-state index is 0.0106. The van der Waals surface area contributed by atoms with Gasteiger partial charge in [-0.05, 0) is 37.8 Å². The van der Waals surface area contributed by atoms with Gasteiger partial charge in [-0.15, -0.1) is 0 Å². The molecule has 5 rings (SSSR count). The van der Waals surface area contributed by atoms with Crippen LogP contribution in [0.5, 0.6) is 0 Å². The SMILES string of the molecule is COC(=O)c1cccnc1N1CCC2(CCc3c2nc(N2CCOCC2)[nH]c3=O)CC1. The summed E-state index contributed by atoms with van der Waals surface area (Å²) in [5.41, 5.74) is 2.17. The normalized spacial score (nSPS) is 20.0. The molecule has 2 saturated heterocycles. The van der Waals surface area contributed by atoms with E-state index in [1.807, 2.05) is 0 Å². The highest BCUT2D eigenvalue weighted by Gasteiger charge is 2.44. The van der Waals surface area contributed by atoms with E-state index in [1.54, 1.807) is 18.3 Å². The average molecular weight is 425 g/mol. The Morgan fingerprint density at radius 2 is 1.94 bits per heavy atom. The molecule has 0 aromatic carbocycles. The second kappa shape index (κ2) is 7.96. The number of anilines is 2. The average Bonchev–Trinajstić information content (AvgIpc) is 3.18. The van der Waals surface area contributed by atoms with Crippen molar-refractivity contribution in [2.24, 2.45) is 0 Å². The lowest BCUT2D eigenvalue weighted by molar-refractivity contribution is 0.0601. The lowest BCUT2D eigenvalue weighted by atomic mass is 9.76. The molecule has 0 atom stereocenters. The van der Waals surface area contributed by atoms with Gasteiger partial charge in [0.05, 0.1) is 26.0 Å². The van der Waals surface area contributed by atoms with E-state index in [1.165, 1.54) is 7.11 Å². The van der Waals surface area contributed by atoms with Crippen LogP contribution in [0.15, 0.2) is 23.1 Å². The van der Waals surface area contributed by atoms with Gasteiger partial charge < -0.3 is 19.3 Å². The third-order valence-corrected chi connectivity index (χ3v) is 6.88. The Hall–Kier alpha value is -2.94. The lowest BCUT2D eigenvalue weighted by Crippen LogP contribution is -2.44. The van der Waals surface area contributed by atoms with E-state index in [0.717, 1.165) is 63.1 Å². The Morgan fingerprint density at radius 3 is 2.68 bits per heavy atom. The molecule has 2 aromatic heterocycles. The van der Waals surface area contributed by atoms with Crippen molar-refractivity contribution in [2.75, 3.05) is 56.3 Å². The number of esters is 1. The molecule has 0 amide bonds. The number of piperidine rings is 1. The fraction of sp³-hybridized carbons (Fsp3) is 0.545. The summed E-state index contributed by atoms with van der Waals surface area (Å²) in [5.74, 6) is 0.946. The van der Waals surface area contributed by atoms with Crippen molar-refractivity contribution in [2.45, 2.75) is 31.1 Å². The first-order valence-electron chi connectivity index (χ1n) is 10.9. The Labute approximate surface area is 180 Å². The maximum atomic E-state index is 12.8. The maximum Gasteiger partial charge on any atom is 0.341 e. The van der Waals surface area contributed by atoms with Gasteiger partial charge in [-0.25, -0.2) is 14.8 Å². The molecule has 1 aliphatic carbocycles. The molecule has 1 spiro atoms. The first-order chi connectivity index (χ1) is 15.1. The van der Waals surface area contributed by atoms with Gasteiger partial charge in [0, 0.05) is 43.4 Å². The van der Waals surface area contributed by atoms with Crippen LogP contribution in [0.4, 0.5) is 11.8 Å². The first kappa shape index (κ1) is 20.0. The van der Waals surface area contributed by atoms with Gasteiger partial charge >= 0.3 is 5.97 Å². The highest BCUT2D eigenvalue weighted by molar-refractivity contribution is 5.94. The fourth-order valence-electron chi connectivity index (χ4n) is 5.12. The zero-order chi connectivity index (χ0) is 21.4. The van der Waals surface area contributed by atoms with Crippen LogP contribution in [0, 0.1) is 0 Å². The van der Waals surface area contributed by atoms with Gasteiger partial charge in [-0.3, -0.25) is 9.78 Å². The summed E-state index contributed by atoms with van der Waals surface area (Å²) in [6.45, 7) is 4.27. The Morgan fingerprint density at radius 1 is 1.16 bits per heavy atom. The van der Waals surface area contributed by atoms with Crippen LogP contribution in [0.2, 0.25) is 0 Å². The van der Waals surface area contributed by atoms with Crippen LogP contribution in [0.1, 0.15) is 40.9 Å². The summed E-state index contributed by atoms with van der Waals surface area (Å²) in [7, 11) is 1.38. The number of carbonyl (C=O) groups is 1. The number of aromatic nitrogens is 3. The Bertz CT molecular complexity index is 1040. The number of morpholine rings is 1. The van der Waals surface area contributed by atoms with E-state index in [9.17, 15) is 9.59 Å². The quantitative estimate of drug-likeness (QED) is 0.734. The molecule has 0 radical (unpaired) electrons. The minimum Gasteiger partial charge on any atom is -0.465 e. The molecular weight excluding hydrogens is 398 g/mol. The van der Waals surface area contributed by atoms with Crippen molar-refractivity contribution >= 4 is 17.7 Å². The Kier molecular flexibility index (Phi) is 5.13. The third-order valence-electron chi connectivity index (χ3n) is 6.88. The molecule has 4 heterocycles. The maximum absolute atomic E-state index is 12.8. The summed E-state index contributed by atoms with van der Waals surface area (Å²) < 4.78 is 10.4. The number of aromatic amines is 1. The number of nitrogens with zero attached hydrogens (tertiary/aromatic N) is 4. The van der Waals surface area contributed by atoms with Crippen LogP contribution < -0.4 is 15.4 Å². The van der Waals surface area contributed by atoms with Crippen molar-refractivity contribution in [3.63, 3.8) is 0 Å². The van der Waals surface area contributed by atoms with E-state index in [-0.39, 0.29) is 16.9 Å². The fourth-order valence-corrected chi connectivity index (χ4v) is 5.12. The molecule has 9 heteroatoms. The van der Waals surface area contributed by atoms with Crippen LogP contribution in [0.3, 0.4) is 0 Å². The molecular formula is C22H27N5O4. The van der Waals surface area contributed by atoms with Crippen molar-refractivity contribution in [3.05, 3.63) is 45.5 Å². The number of fused-ring (bicyclic) bond motifs is 2. The molecule has 2 aromatic rings. The summed E-state index contributed by atoms with van der Waals surface area (Å²) in [4.78, 5) is 41.6. The number of hydrogen-bond acceptors (Lipinski definition) is 8. The smallest absolute Gasteiger partial charge is 0.341 e. The number of ether oxygens (including phenoxy) is 2. The number of pyridine rings is 1. The number of carbonyl (C=O) groups excluding carboxylic acids is 1. The molecule has 2 fully saturated rings. The van der Waals surface area contributed by atoms with E-state index in [4.69, 9.17) is 14.5 Å². The highest BCUT2D eigenvalue weighted by Crippen LogP contribution is 2.45. The molecule has 0 bridgehead atoms. The van der Waals surface area contributed by atoms with Crippen molar-refractivity contribution in [1.82, 2.24) is 15.0 Å². The number of H-pyrrole nitrogens is 1. The molecule has 0 saturated carbocycles. The molecule has 9 nitrogen and oxygen atoms in total. The van der Waals surface area contributed by atoms with Crippen LogP contribution in [0.25, 0.3) is 0 Å². The largest absolute Gasteiger partial charge is 0.465 e. The van der Waals surface area contributed by atoms with Gasteiger partial charge in [0.2, 0.25) is 5.95 Å². The predicted octanol–water partition coefficient (Wildman–Crippen LogP) is 1.27. The van der Waals surface area contributed by atoms with Crippen molar-refractivity contribution in [1.29, 1.82) is 0 Å². The number of nitrogens with one attached hydrogen (secondary N) is 1. The van der Waals surface area contributed by atoms with Gasteiger partial charge in [0.15, 0.2) is 0 Å². The number of hydrogen-bond donors (Lipinski definition) is 1. The molecule has 164 valence electrons. The zero-order valence-electron chi connectivity index (χ0n) is 17.7. The van der Waals surface area contributed by atoms with Gasteiger partial charge in [-0.2, -0.15) is 0 Å². The lowest BCUT2D eigenvalue weighted by Gasteiger charge is -2.40. The summed E-state index contributed by atoms with van der Waals surface area (Å²) in [5, 5.41) is 0. The van der Waals surface area contributed by atoms with Gasteiger partial charge in [-0.1, -0.05) is 0 Å².